The molecule has 1 unspecified atom stereocenters. The summed E-state index contributed by atoms with van der Waals surface area (Å²) in [7, 11) is 1.62. The SMILES string of the molecule is COC(C)OCOc1cc2ccc(-c3ccc(OC(C)=O)cc3)c(NC(=O)c3ccccc3)c2cc1C12CC3CC(CC(C3)C1)C2. The normalized spacial score (nSPS) is 23.7. The van der Waals surface area contributed by atoms with Crippen LogP contribution in [-0.4, -0.2) is 32.1 Å². The number of esters is 1. The average molecular weight is 620 g/mol. The number of carbonyl (C=O) groups excluding carboxylic acids is 2. The number of fused-ring (bicyclic) bond motifs is 1. The van der Waals surface area contributed by atoms with Gasteiger partial charge in [0.15, 0.2) is 13.1 Å². The molecule has 0 spiro atoms. The van der Waals surface area contributed by atoms with Crippen LogP contribution in [0.25, 0.3) is 21.9 Å². The highest BCUT2D eigenvalue weighted by Crippen LogP contribution is 2.62. The van der Waals surface area contributed by atoms with E-state index in [1.807, 2.05) is 55.5 Å². The Morgan fingerprint density at radius 3 is 2.20 bits per heavy atom. The number of carbonyl (C=O) groups is 2. The first-order valence-corrected chi connectivity index (χ1v) is 16.3. The molecule has 0 saturated heterocycles. The maximum absolute atomic E-state index is 13.7. The predicted octanol–water partition coefficient (Wildman–Crippen LogP) is 8.50. The summed E-state index contributed by atoms with van der Waals surface area (Å²) in [4.78, 5) is 25.2. The zero-order valence-corrected chi connectivity index (χ0v) is 26.7. The average Bonchev–Trinajstić information content (AvgIpc) is 3.04. The predicted molar refractivity (Wildman–Crippen MR) is 178 cm³/mol. The van der Waals surface area contributed by atoms with Gasteiger partial charge in [-0.2, -0.15) is 0 Å². The second-order valence-electron chi connectivity index (χ2n) is 13.4. The van der Waals surface area contributed by atoms with Crippen LogP contribution in [0.1, 0.15) is 68.3 Å². The first-order valence-electron chi connectivity index (χ1n) is 16.3. The zero-order chi connectivity index (χ0) is 31.8. The van der Waals surface area contributed by atoms with Crippen LogP contribution in [0, 0.1) is 17.8 Å². The smallest absolute Gasteiger partial charge is 0.308 e. The van der Waals surface area contributed by atoms with Crippen molar-refractivity contribution in [2.75, 3.05) is 19.2 Å². The van der Waals surface area contributed by atoms with Crippen molar-refractivity contribution in [3.05, 3.63) is 90.0 Å². The minimum Gasteiger partial charge on any atom is -0.467 e. The molecule has 0 radical (unpaired) electrons. The minimum absolute atomic E-state index is 0.0353. The molecule has 1 N–H and O–H groups in total. The van der Waals surface area contributed by atoms with Crippen LogP contribution in [0.15, 0.2) is 78.9 Å². The third-order valence-corrected chi connectivity index (χ3v) is 10.3. The Morgan fingerprint density at radius 1 is 0.891 bits per heavy atom. The van der Waals surface area contributed by atoms with Crippen LogP contribution < -0.4 is 14.8 Å². The number of ether oxygens (including phenoxy) is 4. The third-order valence-electron chi connectivity index (χ3n) is 10.3. The van der Waals surface area contributed by atoms with Crippen molar-refractivity contribution < 1.29 is 28.5 Å². The molecule has 4 saturated carbocycles. The molecule has 0 heterocycles. The second-order valence-corrected chi connectivity index (χ2v) is 13.4. The molecule has 7 nitrogen and oxygen atoms in total. The van der Waals surface area contributed by atoms with Crippen LogP contribution in [0.2, 0.25) is 0 Å². The number of anilines is 1. The van der Waals surface area contributed by atoms with E-state index in [0.29, 0.717) is 11.3 Å². The van der Waals surface area contributed by atoms with E-state index in [1.165, 1.54) is 51.0 Å². The lowest BCUT2D eigenvalue weighted by molar-refractivity contribution is -0.150. The monoisotopic (exact) mass is 619 g/mol. The van der Waals surface area contributed by atoms with Gasteiger partial charge in [0.05, 0.1) is 5.69 Å². The highest BCUT2D eigenvalue weighted by atomic mass is 16.7. The largest absolute Gasteiger partial charge is 0.467 e. The summed E-state index contributed by atoms with van der Waals surface area (Å²) >= 11 is 0. The molecule has 8 rings (SSSR count). The van der Waals surface area contributed by atoms with E-state index >= 15 is 0 Å². The number of methoxy groups -OCH3 is 1. The fourth-order valence-electron chi connectivity index (χ4n) is 8.61. The molecule has 1 amide bonds. The van der Waals surface area contributed by atoms with Gasteiger partial charge >= 0.3 is 5.97 Å². The van der Waals surface area contributed by atoms with Gasteiger partial charge in [0, 0.05) is 36.1 Å². The Labute approximate surface area is 270 Å². The topological polar surface area (TPSA) is 83.1 Å². The van der Waals surface area contributed by atoms with Crippen LogP contribution in [-0.2, 0) is 19.7 Å². The van der Waals surface area contributed by atoms with Gasteiger partial charge in [-0.05, 0) is 116 Å². The van der Waals surface area contributed by atoms with E-state index in [-0.39, 0.29) is 30.4 Å². The molecule has 4 aliphatic rings. The number of benzene rings is 4. The number of hydrogen-bond donors (Lipinski definition) is 1. The molecule has 4 aliphatic carbocycles. The fraction of sp³-hybridized carbons (Fsp3) is 0.385. The molecule has 1 atom stereocenters. The Balaban J connectivity index is 1.37. The van der Waals surface area contributed by atoms with Gasteiger partial charge in [-0.25, -0.2) is 0 Å². The van der Waals surface area contributed by atoms with E-state index in [9.17, 15) is 9.59 Å². The summed E-state index contributed by atoms with van der Waals surface area (Å²) < 4.78 is 22.8. The molecule has 46 heavy (non-hydrogen) atoms. The summed E-state index contributed by atoms with van der Waals surface area (Å²) in [6.07, 6.45) is 7.13. The van der Waals surface area contributed by atoms with Gasteiger partial charge in [-0.15, -0.1) is 0 Å². The summed E-state index contributed by atoms with van der Waals surface area (Å²) in [5.41, 5.74) is 4.36. The molecule has 4 aromatic carbocycles. The lowest BCUT2D eigenvalue weighted by atomic mass is 9.48. The maximum Gasteiger partial charge on any atom is 0.308 e. The highest BCUT2D eigenvalue weighted by molar-refractivity contribution is 6.13. The number of amides is 1. The van der Waals surface area contributed by atoms with E-state index in [2.05, 4.69) is 23.5 Å². The summed E-state index contributed by atoms with van der Waals surface area (Å²) in [5.74, 6) is 3.02. The highest BCUT2D eigenvalue weighted by Gasteiger charge is 2.52. The van der Waals surface area contributed by atoms with Crippen molar-refractivity contribution in [1.82, 2.24) is 0 Å². The Hall–Kier alpha value is -4.20. The first-order chi connectivity index (χ1) is 22.3. The van der Waals surface area contributed by atoms with Gasteiger partial charge in [-0.3, -0.25) is 9.59 Å². The van der Waals surface area contributed by atoms with Crippen molar-refractivity contribution in [3.8, 4) is 22.6 Å². The lowest BCUT2D eigenvalue weighted by Crippen LogP contribution is -2.48. The third kappa shape index (κ3) is 6.02. The number of rotatable bonds is 10. The molecule has 4 bridgehead atoms. The van der Waals surface area contributed by atoms with Crippen molar-refractivity contribution in [1.29, 1.82) is 0 Å². The molecule has 238 valence electrons. The minimum atomic E-state index is -0.377. The molecular formula is C39H41NO6. The molecule has 0 aliphatic heterocycles. The first kappa shape index (κ1) is 30.5. The van der Waals surface area contributed by atoms with Gasteiger partial charge in [0.1, 0.15) is 11.5 Å². The molecule has 7 heteroatoms. The van der Waals surface area contributed by atoms with Gasteiger partial charge in [-0.1, -0.05) is 42.5 Å². The van der Waals surface area contributed by atoms with Crippen molar-refractivity contribution >= 4 is 28.3 Å². The van der Waals surface area contributed by atoms with Crippen molar-refractivity contribution in [3.63, 3.8) is 0 Å². The van der Waals surface area contributed by atoms with Gasteiger partial charge in [0.25, 0.3) is 5.91 Å². The fourth-order valence-corrected chi connectivity index (χ4v) is 8.61. The molecular weight excluding hydrogens is 578 g/mol. The number of hydrogen-bond acceptors (Lipinski definition) is 6. The molecule has 0 aromatic heterocycles. The van der Waals surface area contributed by atoms with Crippen LogP contribution in [0.3, 0.4) is 0 Å². The van der Waals surface area contributed by atoms with Crippen LogP contribution >= 0.6 is 0 Å². The van der Waals surface area contributed by atoms with E-state index < -0.39 is 0 Å². The van der Waals surface area contributed by atoms with E-state index in [1.54, 1.807) is 19.2 Å². The summed E-state index contributed by atoms with van der Waals surface area (Å²) in [6, 6.07) is 25.2. The zero-order valence-electron chi connectivity index (χ0n) is 26.7. The van der Waals surface area contributed by atoms with Crippen molar-refractivity contribution in [2.45, 2.75) is 64.1 Å². The Morgan fingerprint density at radius 2 is 1.57 bits per heavy atom. The number of nitrogens with one attached hydrogen (secondary N) is 1. The van der Waals surface area contributed by atoms with Crippen LogP contribution in [0.4, 0.5) is 5.69 Å². The maximum atomic E-state index is 13.7. The quantitative estimate of drug-likeness (QED) is 0.109. The molecule has 4 fully saturated rings. The second kappa shape index (κ2) is 12.5. The van der Waals surface area contributed by atoms with E-state index in [4.69, 9.17) is 18.9 Å². The van der Waals surface area contributed by atoms with Gasteiger partial charge < -0.3 is 24.3 Å². The summed E-state index contributed by atoms with van der Waals surface area (Å²) in [5, 5.41) is 5.23. The van der Waals surface area contributed by atoms with Crippen molar-refractivity contribution in [2.24, 2.45) is 17.8 Å². The Bertz CT molecular complexity index is 1710. The Kier molecular flexibility index (Phi) is 8.30. The molecule has 4 aromatic rings. The lowest BCUT2D eigenvalue weighted by Gasteiger charge is -2.57. The van der Waals surface area contributed by atoms with Crippen LogP contribution in [0.5, 0.6) is 11.5 Å². The summed E-state index contributed by atoms with van der Waals surface area (Å²) in [6.45, 7) is 3.33. The van der Waals surface area contributed by atoms with Gasteiger partial charge in [0.2, 0.25) is 0 Å². The van der Waals surface area contributed by atoms with E-state index in [0.717, 1.165) is 51.1 Å². The standard InChI is InChI=1S/C39H41NO6/c1-24(41)46-32-12-9-29(10-13-32)33-14-11-31-18-36(45-23-44-25(2)43-3)35(39-20-26-15-27(21-39)17-28(16-26)22-39)19-34(31)37(33)40-38(42)30-7-5-4-6-8-30/h4-14,18-19,25-28H,15-17,20-23H2,1-3H3,(H,40,42).